The predicted octanol–water partition coefficient (Wildman–Crippen LogP) is -5.18. The van der Waals surface area contributed by atoms with Crippen LogP contribution in [0.25, 0.3) is 11.2 Å². The van der Waals surface area contributed by atoms with Gasteiger partial charge in [-0.2, -0.15) is 4.98 Å². The van der Waals surface area contributed by atoms with Gasteiger partial charge in [0.25, 0.3) is 11.5 Å². The zero-order valence-electron chi connectivity index (χ0n) is 34.9. The first-order valence-corrected chi connectivity index (χ1v) is 18.5. The van der Waals surface area contributed by atoms with Crippen LogP contribution in [0.4, 0.5) is 11.6 Å². The Balaban J connectivity index is 0.00000104. The van der Waals surface area contributed by atoms with Crippen molar-refractivity contribution in [3.8, 4) is 0 Å². The van der Waals surface area contributed by atoms with Crippen molar-refractivity contribution in [1.29, 1.82) is 0 Å². The molecule has 2 heterocycles. The summed E-state index contributed by atoms with van der Waals surface area (Å²) in [4.78, 5) is 103. The summed E-state index contributed by atoms with van der Waals surface area (Å²) < 4.78 is 0. The van der Waals surface area contributed by atoms with Gasteiger partial charge in [-0.15, -0.1) is 0 Å². The number of benzene rings is 1. The third kappa shape index (κ3) is 20.9. The number of aromatic amines is 1. The molecule has 63 heavy (non-hydrogen) atoms. The van der Waals surface area contributed by atoms with E-state index in [1.165, 1.54) is 46.0 Å². The fourth-order valence-electron chi connectivity index (χ4n) is 4.41. The first kappa shape index (κ1) is 57.4. The molecule has 3 rings (SSSR count). The second-order valence-corrected chi connectivity index (χ2v) is 14.6. The summed E-state index contributed by atoms with van der Waals surface area (Å²) in [6.45, 7) is 5.44. The molecule has 0 radical (unpaired) electrons. The molecule has 0 bridgehead atoms. The van der Waals surface area contributed by atoms with E-state index in [4.69, 9.17) is 26.2 Å². The van der Waals surface area contributed by atoms with Gasteiger partial charge in [0.2, 0.25) is 17.8 Å². The van der Waals surface area contributed by atoms with E-state index in [2.05, 4.69) is 41.2 Å². The molecule has 0 aliphatic rings. The molecule has 1 aromatic carbocycles. The number of anilines is 2. The minimum absolute atomic E-state index is 0. The van der Waals surface area contributed by atoms with Gasteiger partial charge in [-0.1, -0.05) is 27.7 Å². The van der Waals surface area contributed by atoms with E-state index < -0.39 is 76.2 Å². The van der Waals surface area contributed by atoms with Gasteiger partial charge in [-0.25, -0.2) is 14.8 Å². The first-order chi connectivity index (χ1) is 28.8. The summed E-state index contributed by atoms with van der Waals surface area (Å²) in [6.07, 6.45) is -2.52. The number of nitrogens with one attached hydrogen (secondary N) is 5. The Kier molecular flexibility index (Phi) is 25.1. The number of H-pyrrole nitrogens is 1. The van der Waals surface area contributed by atoms with Gasteiger partial charge in [0.1, 0.15) is 18.2 Å². The van der Waals surface area contributed by atoms with Crippen molar-refractivity contribution in [2.45, 2.75) is 78.2 Å². The molecule has 0 saturated heterocycles. The second kappa shape index (κ2) is 27.5. The number of hydrogen-bond acceptors (Lipinski definition) is 19. The number of carbonyl (C=O) groups is 7. The van der Waals surface area contributed by atoms with Gasteiger partial charge >= 0.3 is 49.7 Å². The Morgan fingerprint density at radius 3 is 1.73 bits per heavy atom. The van der Waals surface area contributed by atoms with Crippen LogP contribution in [0.5, 0.6) is 0 Å². The minimum atomic E-state index is -1.37. The van der Waals surface area contributed by atoms with E-state index >= 15 is 0 Å². The molecule has 26 heteroatoms. The van der Waals surface area contributed by atoms with Crippen LogP contribution in [0.15, 0.2) is 35.3 Å². The van der Waals surface area contributed by atoms with Gasteiger partial charge in [0.15, 0.2) is 11.2 Å². The third-order valence-corrected chi connectivity index (χ3v) is 8.41. The maximum absolute atomic E-state index is 12.3. The summed E-state index contributed by atoms with van der Waals surface area (Å²) in [7, 11) is 0. The largest absolute Gasteiger partial charge is 2.00 e. The average Bonchev–Trinajstić information content (AvgIpc) is 3.21. The normalized spacial score (nSPS) is 12.3. The van der Waals surface area contributed by atoms with Crippen LogP contribution in [0.3, 0.4) is 0 Å². The number of aliphatic carboxylic acids is 4. The number of hydrogen-bond donors (Lipinski definition) is 12. The van der Waals surface area contributed by atoms with Gasteiger partial charge in [-0.3, -0.25) is 29.0 Å². The molecule has 342 valence electrons. The summed E-state index contributed by atoms with van der Waals surface area (Å²) in [5.41, 5.74) is 4.57. The maximum atomic E-state index is 12.3. The molecule has 3 aromatic rings. The van der Waals surface area contributed by atoms with Crippen molar-refractivity contribution in [1.82, 2.24) is 35.9 Å². The van der Waals surface area contributed by atoms with Crippen LogP contribution in [0.2, 0.25) is 0 Å². The molecule has 0 fully saturated rings. The van der Waals surface area contributed by atoms with Crippen molar-refractivity contribution >= 4 is 102 Å². The molecule has 0 saturated carbocycles. The number of nitrogen functional groups attached to an aromatic ring is 1. The van der Waals surface area contributed by atoms with Crippen LogP contribution in [0.1, 0.15) is 69.4 Å². The quantitative estimate of drug-likeness (QED) is 0.0444. The number of nitrogens with zero attached hydrogens (tertiary/aromatic N) is 3. The molecule has 3 unspecified atom stereocenters. The number of aliphatic hydroxyl groups is 4. The number of carboxylic acid groups (broad SMARTS) is 4. The van der Waals surface area contributed by atoms with Gasteiger partial charge in [-0.05, 0) is 30.7 Å². The fourth-order valence-corrected chi connectivity index (χ4v) is 4.41. The van der Waals surface area contributed by atoms with Crippen molar-refractivity contribution in [2.75, 3.05) is 37.4 Å². The van der Waals surface area contributed by atoms with Gasteiger partial charge in [0.05, 0.1) is 31.6 Å². The Morgan fingerprint density at radius 1 is 0.810 bits per heavy atom. The number of rotatable bonds is 21. The number of carboxylic acids is 4. The van der Waals surface area contributed by atoms with Crippen molar-refractivity contribution in [3.05, 3.63) is 52.1 Å². The molecule has 25 nitrogen and oxygen atoms in total. The zero-order valence-corrected chi connectivity index (χ0v) is 37.1. The number of fused-ring (bicyclic) bond motifs is 1. The third-order valence-electron chi connectivity index (χ3n) is 8.41. The molecule has 13 N–H and O–H groups in total. The molecule has 3 amide bonds. The van der Waals surface area contributed by atoms with E-state index in [0.29, 0.717) is 11.4 Å². The SMILES string of the molecule is CC(C)(CO)C(O)C(=O)NCCC(=O)[O-].CC(C)(CO)C(O)C(=O)NCCC(=O)[O-].Nc1nc2ncc(CNc3ccc(C(=O)NC(CCC(=O)O)C(=O)O)cc3)nc2c(=O)[nH]1.[Ca+2]. The molecular formula is C37H51CaN9O16. The Labute approximate surface area is 388 Å². The molecule has 0 spiro atoms. The molecule has 0 aliphatic carbocycles. The van der Waals surface area contributed by atoms with E-state index in [0.717, 1.165) is 0 Å². The Morgan fingerprint density at radius 2 is 1.30 bits per heavy atom. The number of aliphatic hydroxyl groups excluding tert-OH is 4. The summed E-state index contributed by atoms with van der Waals surface area (Å²) in [5.74, 6) is -7.10. The van der Waals surface area contributed by atoms with E-state index in [9.17, 15) is 58.8 Å². The van der Waals surface area contributed by atoms with Crippen LogP contribution in [-0.2, 0) is 35.3 Å². The standard InChI is InChI=1S/C19H19N7O6.2C9H17NO5.Ca/c20-19-25-15-14(17(30)26-19)23-11(8-22-15)7-21-10-3-1-9(2-4-10)16(29)24-12(18(31)32)5-6-13(27)28;2*1-9(2,5-11)7(14)8(15)10-4-3-6(12)13;/h1-4,8,12,21H,5-7H2,(H,24,29)(H,27,28)(H,31,32)(H3,20,22,25,26,30);2*7,11,14H,3-5H2,1-2H3,(H,10,15)(H,12,13);/q;;;+2/p-2. The maximum Gasteiger partial charge on any atom is 2.00 e. The second-order valence-electron chi connectivity index (χ2n) is 14.6. The summed E-state index contributed by atoms with van der Waals surface area (Å²) >= 11 is 0. The smallest absolute Gasteiger partial charge is 0.550 e. The van der Waals surface area contributed by atoms with Gasteiger partial charge < -0.3 is 77.4 Å². The topological polar surface area (TPSA) is 433 Å². The zero-order chi connectivity index (χ0) is 47.4. The summed E-state index contributed by atoms with van der Waals surface area (Å²) in [6, 6.07) is 4.86. The van der Waals surface area contributed by atoms with E-state index in [-0.39, 0.29) is 119 Å². The predicted molar refractivity (Wildman–Crippen MR) is 217 cm³/mol. The fraction of sp³-hybridized carbons (Fsp3) is 0.486. The summed E-state index contributed by atoms with van der Waals surface area (Å²) in [5, 5.41) is 84.5. The molecule has 3 atom stereocenters. The minimum Gasteiger partial charge on any atom is -0.550 e. The number of amides is 3. The van der Waals surface area contributed by atoms with Crippen molar-refractivity contribution in [3.63, 3.8) is 0 Å². The molecule has 2 aromatic heterocycles. The van der Waals surface area contributed by atoms with Crippen molar-refractivity contribution < 1.29 is 74.4 Å². The van der Waals surface area contributed by atoms with E-state index in [1.54, 1.807) is 12.1 Å². The van der Waals surface area contributed by atoms with Crippen molar-refractivity contribution in [2.24, 2.45) is 10.8 Å². The average molecular weight is 918 g/mol. The Hall–Kier alpha value is -5.57. The molecule has 0 aliphatic heterocycles. The van der Waals surface area contributed by atoms with Crippen LogP contribution in [0, 0.1) is 10.8 Å². The number of nitrogens with two attached hydrogens (primary N) is 1. The van der Waals surface area contributed by atoms with Crippen LogP contribution >= 0.6 is 0 Å². The molecular weight excluding hydrogens is 867 g/mol. The number of carbonyl (C=O) groups excluding carboxylic acids is 5. The Bertz CT molecular complexity index is 2030. The van der Waals surface area contributed by atoms with E-state index in [1.807, 2.05) is 0 Å². The van der Waals surface area contributed by atoms with Crippen LogP contribution in [-0.4, -0.2) is 174 Å². The first-order valence-electron chi connectivity index (χ1n) is 18.5. The van der Waals surface area contributed by atoms with Gasteiger partial charge in [0, 0.05) is 66.4 Å². The number of aromatic nitrogens is 4. The van der Waals surface area contributed by atoms with Crippen LogP contribution < -0.4 is 42.8 Å². The monoisotopic (exact) mass is 917 g/mol.